The van der Waals surface area contributed by atoms with E-state index >= 15 is 0 Å². The number of benzene rings is 1. The fourth-order valence-corrected chi connectivity index (χ4v) is 2.89. The van der Waals surface area contributed by atoms with Gasteiger partial charge in [-0.1, -0.05) is 6.07 Å². The van der Waals surface area contributed by atoms with Gasteiger partial charge in [-0.2, -0.15) is 0 Å². The molecule has 1 N–H and O–H groups in total. The average molecular weight is 307 g/mol. The van der Waals surface area contributed by atoms with Gasteiger partial charge < -0.3 is 5.11 Å². The lowest BCUT2D eigenvalue weighted by atomic mass is 10.2. The minimum absolute atomic E-state index is 0.0340. The lowest BCUT2D eigenvalue weighted by Crippen LogP contribution is -2.04. The maximum absolute atomic E-state index is 11.3. The highest BCUT2D eigenvalue weighted by Crippen LogP contribution is 2.41. The molecule has 108 valence electrons. The van der Waals surface area contributed by atoms with Crippen molar-refractivity contribution in [1.29, 1.82) is 0 Å². The van der Waals surface area contributed by atoms with Crippen molar-refractivity contribution in [3.05, 3.63) is 33.9 Å². The molecule has 10 heteroatoms. The van der Waals surface area contributed by atoms with Crippen molar-refractivity contribution < 1.29 is 14.8 Å². The van der Waals surface area contributed by atoms with Crippen LogP contribution in [-0.4, -0.2) is 36.2 Å². The molecule has 1 saturated carbocycles. The summed E-state index contributed by atoms with van der Waals surface area (Å²) >= 11 is 0.903. The summed E-state index contributed by atoms with van der Waals surface area (Å²) < 4.78 is 1.58. The number of carbonyl (C=O) groups is 1. The van der Waals surface area contributed by atoms with Crippen molar-refractivity contribution in [3.63, 3.8) is 0 Å². The molecule has 0 amide bonds. The first-order valence-corrected chi connectivity index (χ1v) is 6.86. The lowest BCUT2D eigenvalue weighted by molar-refractivity contribution is -0.387. The van der Waals surface area contributed by atoms with Gasteiger partial charge in [-0.3, -0.25) is 10.1 Å². The van der Waals surface area contributed by atoms with E-state index in [2.05, 4.69) is 15.5 Å². The monoisotopic (exact) mass is 307 g/mol. The Morgan fingerprint density at radius 3 is 2.86 bits per heavy atom. The molecule has 1 aromatic carbocycles. The molecule has 1 aliphatic rings. The summed E-state index contributed by atoms with van der Waals surface area (Å²) in [4.78, 5) is 21.8. The second-order valence-corrected chi connectivity index (χ2v) is 5.43. The number of carboxylic acids is 1. The van der Waals surface area contributed by atoms with Crippen LogP contribution in [0.1, 0.15) is 29.2 Å². The molecule has 0 aliphatic heterocycles. The first-order chi connectivity index (χ1) is 10.1. The third kappa shape index (κ3) is 2.57. The summed E-state index contributed by atoms with van der Waals surface area (Å²) in [6.07, 6.45) is 1.89. The van der Waals surface area contributed by atoms with E-state index < -0.39 is 10.9 Å². The Bertz CT molecular complexity index is 695. The summed E-state index contributed by atoms with van der Waals surface area (Å²) in [6.45, 7) is 0. The highest BCUT2D eigenvalue weighted by molar-refractivity contribution is 7.99. The van der Waals surface area contributed by atoms with Crippen LogP contribution in [0.15, 0.2) is 28.3 Å². The van der Waals surface area contributed by atoms with E-state index in [1.54, 1.807) is 4.68 Å². The number of nitrogens with zero attached hydrogens (tertiary/aromatic N) is 5. The van der Waals surface area contributed by atoms with Gasteiger partial charge in [0.05, 0.1) is 16.5 Å². The normalized spacial score (nSPS) is 14.1. The Morgan fingerprint density at radius 2 is 2.24 bits per heavy atom. The number of rotatable bonds is 5. The smallest absolute Gasteiger partial charge is 0.337 e. The van der Waals surface area contributed by atoms with Crippen LogP contribution < -0.4 is 0 Å². The van der Waals surface area contributed by atoms with Crippen LogP contribution in [0.25, 0.3) is 0 Å². The summed E-state index contributed by atoms with van der Waals surface area (Å²) in [5.41, 5.74) is -0.412. The first-order valence-electron chi connectivity index (χ1n) is 6.04. The summed E-state index contributed by atoms with van der Waals surface area (Å²) in [5.74, 6) is -1.23. The van der Waals surface area contributed by atoms with Crippen LogP contribution >= 0.6 is 11.8 Å². The molecule has 1 heterocycles. The standard InChI is InChI=1S/C11H9N5O4S/c17-10(18)7-2-1-3-8(16(19)20)9(7)21-11-12-13-14-15(11)6-4-5-6/h1-3,6H,4-5H2,(H,17,18). The van der Waals surface area contributed by atoms with E-state index in [0.717, 1.165) is 24.6 Å². The van der Waals surface area contributed by atoms with Gasteiger partial charge in [0, 0.05) is 6.07 Å². The molecular weight excluding hydrogens is 298 g/mol. The zero-order valence-electron chi connectivity index (χ0n) is 10.5. The van der Waals surface area contributed by atoms with Crippen LogP contribution in [0, 0.1) is 10.1 Å². The van der Waals surface area contributed by atoms with Gasteiger partial charge in [0.25, 0.3) is 5.69 Å². The molecule has 1 aliphatic carbocycles. The van der Waals surface area contributed by atoms with E-state index in [4.69, 9.17) is 0 Å². The number of nitro groups is 1. The lowest BCUT2D eigenvalue weighted by Gasteiger charge is -2.06. The molecule has 0 atom stereocenters. The zero-order valence-corrected chi connectivity index (χ0v) is 11.4. The van der Waals surface area contributed by atoms with Gasteiger partial charge in [0.15, 0.2) is 0 Å². The maximum atomic E-state index is 11.3. The molecule has 0 unspecified atom stereocenters. The van der Waals surface area contributed by atoms with E-state index in [1.165, 1.54) is 18.2 Å². The van der Waals surface area contributed by atoms with E-state index in [0.29, 0.717) is 5.16 Å². The van der Waals surface area contributed by atoms with Crippen molar-refractivity contribution in [2.24, 2.45) is 0 Å². The third-order valence-electron chi connectivity index (χ3n) is 2.97. The maximum Gasteiger partial charge on any atom is 0.337 e. The Labute approximate surface area is 122 Å². The summed E-state index contributed by atoms with van der Waals surface area (Å²) in [7, 11) is 0. The molecule has 1 fully saturated rings. The van der Waals surface area contributed by atoms with E-state index in [-0.39, 0.29) is 22.2 Å². The predicted octanol–water partition coefficient (Wildman–Crippen LogP) is 1.77. The van der Waals surface area contributed by atoms with Gasteiger partial charge in [-0.05, 0) is 41.1 Å². The van der Waals surface area contributed by atoms with Crippen molar-refractivity contribution in [2.45, 2.75) is 28.9 Å². The van der Waals surface area contributed by atoms with Gasteiger partial charge in [0.1, 0.15) is 4.90 Å². The number of aromatic carboxylic acids is 1. The molecule has 21 heavy (non-hydrogen) atoms. The van der Waals surface area contributed by atoms with Gasteiger partial charge in [-0.25, -0.2) is 9.48 Å². The first kappa shape index (κ1) is 13.5. The second kappa shape index (κ2) is 5.13. The van der Waals surface area contributed by atoms with Crippen molar-refractivity contribution in [3.8, 4) is 0 Å². The zero-order chi connectivity index (χ0) is 15.0. The molecule has 0 bridgehead atoms. The number of hydrogen-bond donors (Lipinski definition) is 1. The van der Waals surface area contributed by atoms with Crippen LogP contribution in [0.2, 0.25) is 0 Å². The fourth-order valence-electron chi connectivity index (χ4n) is 1.84. The number of tetrazole rings is 1. The number of aromatic nitrogens is 4. The molecule has 3 rings (SSSR count). The number of carboxylic acid groups (broad SMARTS) is 1. The quantitative estimate of drug-likeness (QED) is 0.654. The molecule has 2 aromatic rings. The second-order valence-electron chi connectivity index (χ2n) is 4.46. The largest absolute Gasteiger partial charge is 0.478 e. The van der Waals surface area contributed by atoms with Gasteiger partial charge in [0.2, 0.25) is 5.16 Å². The summed E-state index contributed by atoms with van der Waals surface area (Å²) in [5, 5.41) is 31.9. The van der Waals surface area contributed by atoms with Crippen molar-refractivity contribution in [1.82, 2.24) is 20.2 Å². The molecule has 1 aromatic heterocycles. The van der Waals surface area contributed by atoms with E-state index in [9.17, 15) is 20.0 Å². The Morgan fingerprint density at radius 1 is 1.48 bits per heavy atom. The van der Waals surface area contributed by atoms with Crippen LogP contribution in [0.3, 0.4) is 0 Å². The van der Waals surface area contributed by atoms with Crippen LogP contribution in [0.5, 0.6) is 0 Å². The van der Waals surface area contributed by atoms with Crippen molar-refractivity contribution in [2.75, 3.05) is 0 Å². The SMILES string of the molecule is O=C(O)c1cccc([N+](=O)[O-])c1Sc1nnnn1C1CC1. The molecule has 0 spiro atoms. The van der Waals surface area contributed by atoms with Gasteiger partial charge in [-0.15, -0.1) is 5.10 Å². The molecule has 9 nitrogen and oxygen atoms in total. The van der Waals surface area contributed by atoms with Crippen molar-refractivity contribution >= 4 is 23.4 Å². The fraction of sp³-hybridized carbons (Fsp3) is 0.273. The van der Waals surface area contributed by atoms with Crippen LogP contribution in [-0.2, 0) is 0 Å². The van der Waals surface area contributed by atoms with Crippen LogP contribution in [0.4, 0.5) is 5.69 Å². The minimum atomic E-state index is -1.23. The topological polar surface area (TPSA) is 124 Å². The third-order valence-corrected chi connectivity index (χ3v) is 4.05. The van der Waals surface area contributed by atoms with Gasteiger partial charge >= 0.3 is 5.97 Å². The molecular formula is C11H9N5O4S. The highest BCUT2D eigenvalue weighted by atomic mass is 32.2. The number of hydrogen-bond acceptors (Lipinski definition) is 7. The summed E-state index contributed by atoms with van der Waals surface area (Å²) in [6, 6.07) is 4.12. The minimum Gasteiger partial charge on any atom is -0.478 e. The highest BCUT2D eigenvalue weighted by Gasteiger charge is 2.30. The Hall–Kier alpha value is -2.49. The predicted molar refractivity (Wildman–Crippen MR) is 70.3 cm³/mol. The Kier molecular flexibility index (Phi) is 3.29. The molecule has 0 saturated heterocycles. The Balaban J connectivity index is 2.05. The number of nitro benzene ring substituents is 1. The van der Waals surface area contributed by atoms with E-state index in [1.807, 2.05) is 0 Å². The average Bonchev–Trinajstić information content (AvgIpc) is 3.19. The molecule has 0 radical (unpaired) electrons.